The second kappa shape index (κ2) is 9.78. The van der Waals surface area contributed by atoms with E-state index in [0.717, 1.165) is 18.5 Å². The van der Waals surface area contributed by atoms with Crippen LogP contribution in [-0.2, 0) is 0 Å². The van der Waals surface area contributed by atoms with Crippen LogP contribution in [-0.4, -0.2) is 20.9 Å². The number of aromatic nitrogens is 3. The van der Waals surface area contributed by atoms with E-state index in [4.69, 9.17) is 0 Å². The first-order valence-electron chi connectivity index (χ1n) is 7.02. The van der Waals surface area contributed by atoms with E-state index in [-0.39, 0.29) is 41.5 Å². The molecule has 2 N–H and O–H groups in total. The third-order valence-electron chi connectivity index (χ3n) is 3.02. The van der Waals surface area contributed by atoms with Crippen LogP contribution in [0.15, 0.2) is 48.5 Å². The molecule has 2 aromatic carbocycles. The van der Waals surface area contributed by atoms with Crippen molar-refractivity contribution in [1.29, 1.82) is 0 Å². The SMILES string of the molecule is O=C([O-])c1nc(Nc2ccc(I)cc2)nc(Nc2ccc(I)cc2)n1.[Na+]. The topological polar surface area (TPSA) is 103 Å². The van der Waals surface area contributed by atoms with Crippen molar-refractivity contribution in [3.63, 3.8) is 0 Å². The Hall–Kier alpha value is -1.02. The molecule has 0 bridgehead atoms. The van der Waals surface area contributed by atoms with Crippen molar-refractivity contribution in [2.24, 2.45) is 0 Å². The van der Waals surface area contributed by atoms with Crippen molar-refractivity contribution in [3.8, 4) is 0 Å². The number of halogens is 2. The van der Waals surface area contributed by atoms with E-state index in [0.29, 0.717) is 0 Å². The van der Waals surface area contributed by atoms with Gasteiger partial charge in [0.25, 0.3) is 0 Å². The van der Waals surface area contributed by atoms with E-state index in [1.54, 1.807) is 0 Å². The second-order valence-electron chi connectivity index (χ2n) is 4.86. The Bertz CT molecular complexity index is 842. The zero-order chi connectivity index (χ0) is 17.8. The number of carboxylic acid groups (broad SMARTS) is 1. The number of nitrogens with one attached hydrogen (secondary N) is 2. The van der Waals surface area contributed by atoms with E-state index in [9.17, 15) is 9.90 Å². The quantitative estimate of drug-likeness (QED) is 0.322. The number of carboxylic acids is 1. The van der Waals surface area contributed by atoms with Gasteiger partial charge in [-0.25, -0.2) is 0 Å². The maximum Gasteiger partial charge on any atom is 1.00 e. The van der Waals surface area contributed by atoms with Crippen LogP contribution in [0.25, 0.3) is 0 Å². The van der Waals surface area contributed by atoms with Gasteiger partial charge < -0.3 is 20.5 Å². The van der Waals surface area contributed by atoms with Crippen LogP contribution in [0.5, 0.6) is 0 Å². The van der Waals surface area contributed by atoms with Gasteiger partial charge in [0, 0.05) is 18.5 Å². The van der Waals surface area contributed by atoms with Gasteiger partial charge >= 0.3 is 29.6 Å². The summed E-state index contributed by atoms with van der Waals surface area (Å²) in [5.74, 6) is -1.69. The molecule has 0 spiro atoms. The van der Waals surface area contributed by atoms with Gasteiger partial charge in [-0.05, 0) is 93.7 Å². The molecular weight excluding hydrogens is 571 g/mol. The summed E-state index contributed by atoms with van der Waals surface area (Å²) in [6.45, 7) is 0. The zero-order valence-electron chi connectivity index (χ0n) is 13.5. The van der Waals surface area contributed by atoms with E-state index in [1.807, 2.05) is 48.5 Å². The fraction of sp³-hybridized carbons (Fsp3) is 0. The molecule has 26 heavy (non-hydrogen) atoms. The molecule has 126 valence electrons. The maximum atomic E-state index is 11.2. The number of aromatic carboxylic acids is 1. The summed E-state index contributed by atoms with van der Waals surface area (Å²) in [5, 5.41) is 17.1. The third-order valence-corrected chi connectivity index (χ3v) is 4.46. The molecule has 0 atom stereocenters. The third kappa shape index (κ3) is 6.01. The van der Waals surface area contributed by atoms with Crippen molar-refractivity contribution in [2.75, 3.05) is 10.6 Å². The Morgan fingerprint density at radius 3 is 1.50 bits per heavy atom. The van der Waals surface area contributed by atoms with Gasteiger partial charge in [-0.2, -0.15) is 15.0 Å². The normalized spacial score (nSPS) is 9.92. The molecule has 1 heterocycles. The van der Waals surface area contributed by atoms with E-state index in [2.05, 4.69) is 70.8 Å². The average Bonchev–Trinajstić information content (AvgIpc) is 2.59. The molecule has 0 unspecified atom stereocenters. The predicted octanol–water partition coefficient (Wildman–Crippen LogP) is -0.0645. The van der Waals surface area contributed by atoms with Crippen LogP contribution in [0.1, 0.15) is 10.6 Å². The first-order valence-corrected chi connectivity index (χ1v) is 9.18. The Kier molecular flexibility index (Phi) is 8.01. The monoisotopic (exact) mass is 581 g/mol. The van der Waals surface area contributed by atoms with Gasteiger partial charge in [0.05, 0.1) is 0 Å². The fourth-order valence-electron chi connectivity index (χ4n) is 1.90. The van der Waals surface area contributed by atoms with Gasteiger partial charge in [0.15, 0.2) is 5.82 Å². The molecule has 0 saturated heterocycles. The molecule has 1 aromatic heterocycles. The molecule has 10 heteroatoms. The summed E-state index contributed by atoms with van der Waals surface area (Å²) >= 11 is 4.39. The van der Waals surface area contributed by atoms with Crippen LogP contribution >= 0.6 is 45.2 Å². The summed E-state index contributed by atoms with van der Waals surface area (Å²) in [6.07, 6.45) is 0. The average molecular weight is 581 g/mol. The summed E-state index contributed by atoms with van der Waals surface area (Å²) in [6, 6.07) is 15.0. The molecule has 0 aliphatic carbocycles. The standard InChI is InChI=1S/C16H11I2N5O2.Na/c17-9-1-5-11(6-2-9)19-15-21-13(14(24)25)22-16(23-15)20-12-7-3-10(18)4-8-12;/h1-8H,(H,24,25)(H2,19,20,21,22,23);/q;+1/p-1. The molecule has 3 rings (SSSR count). The van der Waals surface area contributed by atoms with Crippen LogP contribution in [0.3, 0.4) is 0 Å². The van der Waals surface area contributed by atoms with E-state index in [1.165, 1.54) is 0 Å². The van der Waals surface area contributed by atoms with Crippen LogP contribution < -0.4 is 45.3 Å². The van der Waals surface area contributed by atoms with Gasteiger partial charge in [0.2, 0.25) is 11.9 Å². The van der Waals surface area contributed by atoms with Crippen molar-refractivity contribution in [2.45, 2.75) is 0 Å². The molecule has 0 aliphatic rings. The number of benzene rings is 2. The first kappa shape index (κ1) is 21.3. The zero-order valence-corrected chi connectivity index (χ0v) is 19.8. The van der Waals surface area contributed by atoms with Crippen LogP contribution in [0.4, 0.5) is 23.3 Å². The molecule has 3 aromatic rings. The van der Waals surface area contributed by atoms with Crippen molar-refractivity contribution >= 4 is 74.4 Å². The Morgan fingerprint density at radius 1 is 0.769 bits per heavy atom. The molecule has 0 saturated carbocycles. The molecule has 0 aliphatic heterocycles. The number of nitrogens with zero attached hydrogens (tertiary/aromatic N) is 3. The van der Waals surface area contributed by atoms with Crippen molar-refractivity contribution < 1.29 is 39.5 Å². The second-order valence-corrected chi connectivity index (χ2v) is 7.35. The number of hydrogen-bond donors (Lipinski definition) is 2. The maximum absolute atomic E-state index is 11.2. The largest absolute Gasteiger partial charge is 1.00 e. The Labute approximate surface area is 199 Å². The molecular formula is C16H10I2N5NaO2. The molecule has 0 fully saturated rings. The van der Waals surface area contributed by atoms with Crippen LogP contribution in [0, 0.1) is 7.14 Å². The summed E-state index contributed by atoms with van der Waals surface area (Å²) in [7, 11) is 0. The Balaban J connectivity index is 0.00000243. The minimum absolute atomic E-state index is 0. The number of carbonyl (C=O) groups is 1. The van der Waals surface area contributed by atoms with E-state index >= 15 is 0 Å². The minimum Gasteiger partial charge on any atom is -0.541 e. The minimum atomic E-state index is -1.47. The summed E-state index contributed by atoms with van der Waals surface area (Å²) in [5.41, 5.74) is 1.47. The Morgan fingerprint density at radius 2 is 1.15 bits per heavy atom. The molecule has 0 radical (unpaired) electrons. The number of rotatable bonds is 5. The predicted molar refractivity (Wildman–Crippen MR) is 109 cm³/mol. The van der Waals surface area contributed by atoms with Crippen molar-refractivity contribution in [1.82, 2.24) is 15.0 Å². The fourth-order valence-corrected chi connectivity index (χ4v) is 2.62. The number of hydrogen-bond acceptors (Lipinski definition) is 7. The summed E-state index contributed by atoms with van der Waals surface area (Å²) < 4.78 is 2.16. The van der Waals surface area contributed by atoms with Crippen LogP contribution in [0.2, 0.25) is 0 Å². The summed E-state index contributed by atoms with van der Waals surface area (Å²) in [4.78, 5) is 23.1. The smallest absolute Gasteiger partial charge is 0.541 e. The van der Waals surface area contributed by atoms with Gasteiger partial charge in [-0.15, -0.1) is 0 Å². The van der Waals surface area contributed by atoms with E-state index < -0.39 is 11.8 Å². The van der Waals surface area contributed by atoms with Gasteiger partial charge in [-0.1, -0.05) is 0 Å². The number of anilines is 4. The number of carbonyl (C=O) groups excluding carboxylic acids is 1. The van der Waals surface area contributed by atoms with Gasteiger partial charge in [0.1, 0.15) is 5.97 Å². The molecule has 7 nitrogen and oxygen atoms in total. The first-order chi connectivity index (χ1) is 12.0. The molecule has 0 amide bonds. The van der Waals surface area contributed by atoms with Gasteiger partial charge in [-0.3, -0.25) is 0 Å². The van der Waals surface area contributed by atoms with Crippen molar-refractivity contribution in [3.05, 3.63) is 61.5 Å².